The van der Waals surface area contributed by atoms with Crippen LogP contribution in [0.3, 0.4) is 0 Å². The molecule has 0 saturated heterocycles. The SMILES string of the molecule is CC1(C)c2cc(-c3c4ccccc4c(-c4ccc5oc6cccc7ccc4c5c76)c4ccccc34)ccc2-c2cc3ccccc3cc21. The average molecular weight is 611 g/mol. The first-order valence-corrected chi connectivity index (χ1v) is 16.8. The van der Waals surface area contributed by atoms with Gasteiger partial charge >= 0.3 is 0 Å². The molecule has 1 aliphatic carbocycles. The van der Waals surface area contributed by atoms with Crippen molar-refractivity contribution < 1.29 is 4.42 Å². The number of fused-ring (bicyclic) bond motifs is 6. The van der Waals surface area contributed by atoms with Crippen molar-refractivity contribution in [2.75, 3.05) is 0 Å². The van der Waals surface area contributed by atoms with Crippen molar-refractivity contribution in [3.63, 3.8) is 0 Å². The molecule has 1 aliphatic rings. The molecule has 0 N–H and O–H groups in total. The van der Waals surface area contributed by atoms with Crippen LogP contribution in [0.2, 0.25) is 0 Å². The highest BCUT2D eigenvalue weighted by Gasteiger charge is 2.36. The zero-order chi connectivity index (χ0) is 31.7. The number of furan rings is 1. The van der Waals surface area contributed by atoms with Gasteiger partial charge in [0.1, 0.15) is 11.2 Å². The third-order valence-corrected chi connectivity index (χ3v) is 11.2. The molecule has 1 heteroatoms. The highest BCUT2D eigenvalue weighted by atomic mass is 16.3. The monoisotopic (exact) mass is 610 g/mol. The molecule has 224 valence electrons. The van der Waals surface area contributed by atoms with Gasteiger partial charge in [-0.05, 0) is 124 Å². The van der Waals surface area contributed by atoms with Crippen LogP contribution in [0, 0.1) is 0 Å². The van der Waals surface area contributed by atoms with Gasteiger partial charge in [0.15, 0.2) is 0 Å². The molecule has 10 aromatic rings. The molecule has 0 unspecified atom stereocenters. The van der Waals surface area contributed by atoms with Crippen LogP contribution in [-0.2, 0) is 5.41 Å². The van der Waals surface area contributed by atoms with E-state index in [0.29, 0.717) is 0 Å². The summed E-state index contributed by atoms with van der Waals surface area (Å²) in [6.45, 7) is 4.77. The van der Waals surface area contributed by atoms with Crippen molar-refractivity contribution in [3.8, 4) is 33.4 Å². The van der Waals surface area contributed by atoms with E-state index in [2.05, 4.69) is 159 Å². The summed E-state index contributed by atoms with van der Waals surface area (Å²) in [7, 11) is 0. The van der Waals surface area contributed by atoms with Gasteiger partial charge in [-0.2, -0.15) is 0 Å². The third kappa shape index (κ3) is 3.31. The Morgan fingerprint density at radius 1 is 0.396 bits per heavy atom. The number of hydrogen-bond acceptors (Lipinski definition) is 1. The first-order chi connectivity index (χ1) is 23.6. The fraction of sp³-hybridized carbons (Fsp3) is 0.0638. The van der Waals surface area contributed by atoms with E-state index in [4.69, 9.17) is 4.42 Å². The molecule has 9 aromatic carbocycles. The van der Waals surface area contributed by atoms with Crippen LogP contribution in [0.1, 0.15) is 25.0 Å². The van der Waals surface area contributed by atoms with Crippen molar-refractivity contribution in [1.82, 2.24) is 0 Å². The lowest BCUT2D eigenvalue weighted by Gasteiger charge is -2.23. The Balaban J connectivity index is 1.20. The van der Waals surface area contributed by atoms with Gasteiger partial charge in [-0.15, -0.1) is 0 Å². The molecule has 0 fully saturated rings. The molecule has 1 nitrogen and oxygen atoms in total. The molecule has 1 aromatic heterocycles. The van der Waals surface area contributed by atoms with Crippen LogP contribution in [-0.4, -0.2) is 0 Å². The summed E-state index contributed by atoms with van der Waals surface area (Å²) in [6, 6.07) is 54.0. The van der Waals surface area contributed by atoms with Gasteiger partial charge in [0.25, 0.3) is 0 Å². The molecule has 0 spiro atoms. The van der Waals surface area contributed by atoms with Crippen LogP contribution >= 0.6 is 0 Å². The number of hydrogen-bond donors (Lipinski definition) is 0. The van der Waals surface area contributed by atoms with E-state index >= 15 is 0 Å². The maximum absolute atomic E-state index is 6.36. The summed E-state index contributed by atoms with van der Waals surface area (Å²) < 4.78 is 6.36. The van der Waals surface area contributed by atoms with Crippen molar-refractivity contribution in [3.05, 3.63) is 157 Å². The topological polar surface area (TPSA) is 13.1 Å². The van der Waals surface area contributed by atoms with Gasteiger partial charge in [0.05, 0.1) is 0 Å². The summed E-state index contributed by atoms with van der Waals surface area (Å²) in [5, 5.41) is 12.6. The van der Waals surface area contributed by atoms with Crippen LogP contribution in [0.5, 0.6) is 0 Å². The van der Waals surface area contributed by atoms with Crippen molar-refractivity contribution in [2.45, 2.75) is 19.3 Å². The van der Waals surface area contributed by atoms with E-state index in [1.54, 1.807) is 0 Å². The number of benzene rings is 9. The summed E-state index contributed by atoms with van der Waals surface area (Å²) >= 11 is 0. The molecule has 48 heavy (non-hydrogen) atoms. The summed E-state index contributed by atoms with van der Waals surface area (Å²) in [5.74, 6) is 0. The van der Waals surface area contributed by atoms with Gasteiger partial charge in [0.2, 0.25) is 0 Å². The third-order valence-electron chi connectivity index (χ3n) is 11.2. The molecule has 0 atom stereocenters. The second-order valence-corrected chi connectivity index (χ2v) is 14.0. The fourth-order valence-corrected chi connectivity index (χ4v) is 8.97. The molecule has 11 rings (SSSR count). The molecular formula is C47H30O. The standard InChI is InChI=1S/C47H30O/c1-47(2)39-26-30(19-20-31(39)38-24-28-10-3-4-11-29(28)25-40(38)47)43-32-13-5-7-15-34(32)45(35-16-8-6-14-33(35)43)36-22-23-42-46-37(36)21-18-27-12-9-17-41(48-42)44(27)46/h3-26H,1-2H3. The Labute approximate surface area is 278 Å². The Hall–Kier alpha value is -5.92. The van der Waals surface area contributed by atoms with Crippen molar-refractivity contribution >= 4 is 65.0 Å². The second kappa shape index (κ2) is 9.12. The fourth-order valence-electron chi connectivity index (χ4n) is 8.97. The van der Waals surface area contributed by atoms with Gasteiger partial charge in [-0.1, -0.05) is 123 Å². The van der Waals surface area contributed by atoms with Gasteiger partial charge < -0.3 is 4.42 Å². The first-order valence-electron chi connectivity index (χ1n) is 16.8. The zero-order valence-corrected chi connectivity index (χ0v) is 26.8. The summed E-state index contributed by atoms with van der Waals surface area (Å²) in [4.78, 5) is 0. The second-order valence-electron chi connectivity index (χ2n) is 14.0. The minimum Gasteiger partial charge on any atom is -0.456 e. The van der Waals surface area contributed by atoms with Crippen LogP contribution in [0.4, 0.5) is 0 Å². The molecule has 0 saturated carbocycles. The van der Waals surface area contributed by atoms with E-state index in [1.807, 2.05) is 0 Å². The molecule has 0 aliphatic heterocycles. The zero-order valence-electron chi connectivity index (χ0n) is 26.8. The van der Waals surface area contributed by atoms with Crippen LogP contribution in [0.15, 0.2) is 150 Å². The van der Waals surface area contributed by atoms with E-state index in [-0.39, 0.29) is 5.41 Å². The largest absolute Gasteiger partial charge is 0.456 e. The highest BCUT2D eigenvalue weighted by molar-refractivity contribution is 6.28. The molecule has 1 heterocycles. The predicted molar refractivity (Wildman–Crippen MR) is 203 cm³/mol. The Morgan fingerprint density at radius 2 is 1.00 bits per heavy atom. The maximum Gasteiger partial charge on any atom is 0.136 e. The van der Waals surface area contributed by atoms with Crippen LogP contribution in [0.25, 0.3) is 98.4 Å². The molecule has 0 bridgehead atoms. The minimum atomic E-state index is -0.104. The Bertz CT molecular complexity index is 2910. The molecule has 0 radical (unpaired) electrons. The lowest BCUT2D eigenvalue weighted by atomic mass is 9.80. The lowest BCUT2D eigenvalue weighted by molar-refractivity contribution is 0.661. The quantitative estimate of drug-likeness (QED) is 0.140. The first kappa shape index (κ1) is 26.2. The van der Waals surface area contributed by atoms with Crippen molar-refractivity contribution in [2.24, 2.45) is 0 Å². The van der Waals surface area contributed by atoms with Crippen LogP contribution < -0.4 is 0 Å². The average Bonchev–Trinajstić information content (AvgIpc) is 3.61. The highest BCUT2D eigenvalue weighted by Crippen LogP contribution is 2.53. The van der Waals surface area contributed by atoms with E-state index in [1.165, 1.54) is 98.4 Å². The van der Waals surface area contributed by atoms with Crippen molar-refractivity contribution in [1.29, 1.82) is 0 Å². The normalized spacial score (nSPS) is 13.8. The predicted octanol–water partition coefficient (Wildman–Crippen LogP) is 13.3. The van der Waals surface area contributed by atoms with Gasteiger partial charge in [0, 0.05) is 16.2 Å². The summed E-state index contributed by atoms with van der Waals surface area (Å²) in [5.41, 5.74) is 12.4. The Morgan fingerprint density at radius 3 is 1.75 bits per heavy atom. The van der Waals surface area contributed by atoms with Gasteiger partial charge in [-0.25, -0.2) is 0 Å². The molecular weight excluding hydrogens is 581 g/mol. The van der Waals surface area contributed by atoms with E-state index in [0.717, 1.165) is 11.2 Å². The maximum atomic E-state index is 6.36. The Kier molecular flexibility index (Phi) is 4.97. The molecule has 0 amide bonds. The minimum absolute atomic E-state index is 0.104. The smallest absolute Gasteiger partial charge is 0.136 e. The lowest BCUT2D eigenvalue weighted by Crippen LogP contribution is -2.15. The van der Waals surface area contributed by atoms with E-state index < -0.39 is 0 Å². The summed E-state index contributed by atoms with van der Waals surface area (Å²) in [6.07, 6.45) is 0. The number of rotatable bonds is 2. The van der Waals surface area contributed by atoms with E-state index in [9.17, 15) is 0 Å². The van der Waals surface area contributed by atoms with Gasteiger partial charge in [-0.3, -0.25) is 0 Å².